The molecule has 20 heavy (non-hydrogen) atoms. The summed E-state index contributed by atoms with van der Waals surface area (Å²) in [5.74, 6) is -0.452. The number of halogens is 3. The van der Waals surface area contributed by atoms with E-state index in [1.165, 1.54) is 17.7 Å². The monoisotopic (exact) mass is 312 g/mol. The first-order valence-corrected chi connectivity index (χ1v) is 7.10. The lowest BCUT2D eigenvalue weighted by Gasteiger charge is -2.11. The zero-order valence-corrected chi connectivity index (χ0v) is 12.6. The van der Waals surface area contributed by atoms with Crippen LogP contribution in [0.25, 0.3) is 0 Å². The van der Waals surface area contributed by atoms with Crippen molar-refractivity contribution >= 4 is 23.2 Å². The molecule has 0 bridgehead atoms. The number of benzene rings is 2. The molecule has 0 aliphatic carbocycles. The first-order valence-electron chi connectivity index (χ1n) is 6.28. The maximum absolute atomic E-state index is 13.5. The summed E-state index contributed by atoms with van der Waals surface area (Å²) in [6.07, 6.45) is 0.860. The van der Waals surface area contributed by atoms with E-state index in [0.717, 1.165) is 12.0 Å². The van der Waals surface area contributed by atoms with Crippen LogP contribution in [0, 0.1) is 5.82 Å². The molecule has 0 heterocycles. The number of alkyl halides is 1. The Morgan fingerprint density at radius 3 is 2.35 bits per heavy atom. The molecule has 2 aromatic carbocycles. The molecular formula is C16H15Cl2FO. The largest absolute Gasteiger partial charge is 0.384 e. The topological polar surface area (TPSA) is 9.23 Å². The van der Waals surface area contributed by atoms with E-state index in [-0.39, 0.29) is 5.02 Å². The highest BCUT2D eigenvalue weighted by Crippen LogP contribution is 2.30. The summed E-state index contributed by atoms with van der Waals surface area (Å²) in [5.41, 5.74) is 2.80. The van der Waals surface area contributed by atoms with Crippen molar-refractivity contribution in [1.82, 2.24) is 0 Å². The van der Waals surface area contributed by atoms with Crippen molar-refractivity contribution in [3.8, 4) is 0 Å². The Morgan fingerprint density at radius 1 is 1.10 bits per heavy atom. The van der Waals surface area contributed by atoms with Gasteiger partial charge >= 0.3 is 0 Å². The van der Waals surface area contributed by atoms with Crippen LogP contribution >= 0.6 is 23.2 Å². The van der Waals surface area contributed by atoms with Crippen LogP contribution in [0.2, 0.25) is 5.02 Å². The highest BCUT2D eigenvalue weighted by molar-refractivity contribution is 6.30. The number of methoxy groups -OCH3 is 1. The molecule has 0 amide bonds. The lowest BCUT2D eigenvalue weighted by atomic mass is 10.0. The maximum Gasteiger partial charge on any atom is 0.142 e. The molecule has 0 aliphatic rings. The van der Waals surface area contributed by atoms with Gasteiger partial charge in [0.05, 0.1) is 17.0 Å². The van der Waals surface area contributed by atoms with Crippen LogP contribution in [0.15, 0.2) is 42.5 Å². The van der Waals surface area contributed by atoms with Crippen molar-refractivity contribution in [2.75, 3.05) is 13.7 Å². The van der Waals surface area contributed by atoms with Crippen LogP contribution in [0.5, 0.6) is 0 Å². The second-order valence-electron chi connectivity index (χ2n) is 4.52. The van der Waals surface area contributed by atoms with Crippen LogP contribution in [0.4, 0.5) is 4.39 Å². The second-order valence-corrected chi connectivity index (χ2v) is 5.36. The number of hydrogen-bond acceptors (Lipinski definition) is 1. The average Bonchev–Trinajstić information content (AvgIpc) is 2.48. The fourth-order valence-corrected chi connectivity index (χ4v) is 2.33. The summed E-state index contributed by atoms with van der Waals surface area (Å²) in [6, 6.07) is 12.6. The molecule has 1 nitrogen and oxygen atoms in total. The predicted octanol–water partition coefficient (Wildman–Crippen LogP) is 5.00. The molecule has 0 radical (unpaired) electrons. The highest BCUT2D eigenvalue weighted by Gasteiger charge is 2.12. The lowest BCUT2D eigenvalue weighted by Crippen LogP contribution is -1.97. The highest BCUT2D eigenvalue weighted by atomic mass is 35.5. The van der Waals surface area contributed by atoms with Crippen LogP contribution in [0.1, 0.15) is 22.1 Å². The minimum absolute atomic E-state index is 0.104. The average molecular weight is 313 g/mol. The van der Waals surface area contributed by atoms with Gasteiger partial charge in [0.25, 0.3) is 0 Å². The summed E-state index contributed by atoms with van der Waals surface area (Å²) in [5, 5.41) is -0.286. The molecule has 1 unspecified atom stereocenters. The quantitative estimate of drug-likeness (QED) is 0.706. The first kappa shape index (κ1) is 15.3. The molecule has 2 aromatic rings. The second kappa shape index (κ2) is 7.07. The first-order chi connectivity index (χ1) is 9.61. The zero-order chi connectivity index (χ0) is 14.5. The molecule has 0 N–H and O–H groups in total. The van der Waals surface area contributed by atoms with E-state index in [0.29, 0.717) is 12.2 Å². The summed E-state index contributed by atoms with van der Waals surface area (Å²) >= 11 is 12.0. The Hall–Kier alpha value is -1.09. The number of rotatable bonds is 5. The van der Waals surface area contributed by atoms with Crippen molar-refractivity contribution in [2.24, 2.45) is 0 Å². The van der Waals surface area contributed by atoms with Gasteiger partial charge in [-0.1, -0.05) is 41.9 Å². The Kier molecular flexibility index (Phi) is 5.41. The molecule has 0 aliphatic heterocycles. The van der Waals surface area contributed by atoms with E-state index in [1.807, 2.05) is 24.3 Å². The van der Waals surface area contributed by atoms with Gasteiger partial charge in [-0.15, -0.1) is 11.6 Å². The molecule has 4 heteroatoms. The van der Waals surface area contributed by atoms with E-state index in [2.05, 4.69) is 0 Å². The third kappa shape index (κ3) is 3.72. The third-order valence-electron chi connectivity index (χ3n) is 3.10. The normalized spacial score (nSPS) is 12.4. The van der Waals surface area contributed by atoms with Gasteiger partial charge < -0.3 is 4.74 Å². The van der Waals surface area contributed by atoms with Gasteiger partial charge in [-0.2, -0.15) is 0 Å². The predicted molar refractivity (Wildman–Crippen MR) is 81.1 cm³/mol. The fraction of sp³-hybridized carbons (Fsp3) is 0.250. The summed E-state index contributed by atoms with van der Waals surface area (Å²) in [6.45, 7) is 0.687. The Balaban J connectivity index is 2.15. The minimum Gasteiger partial charge on any atom is -0.384 e. The molecule has 0 fully saturated rings. The van der Waals surface area contributed by atoms with Gasteiger partial charge in [-0.3, -0.25) is 0 Å². The lowest BCUT2D eigenvalue weighted by molar-refractivity contribution is 0.202. The van der Waals surface area contributed by atoms with Crippen LogP contribution in [-0.4, -0.2) is 13.7 Å². The van der Waals surface area contributed by atoms with E-state index in [9.17, 15) is 4.39 Å². The van der Waals surface area contributed by atoms with Crippen molar-refractivity contribution < 1.29 is 9.13 Å². The molecule has 2 rings (SSSR count). The Labute approximate surface area is 128 Å². The molecule has 1 atom stereocenters. The Bertz CT molecular complexity index is 569. The van der Waals surface area contributed by atoms with Crippen LogP contribution in [0.3, 0.4) is 0 Å². The summed E-state index contributed by atoms with van der Waals surface area (Å²) in [7, 11) is 1.68. The molecule has 0 aromatic heterocycles. The van der Waals surface area contributed by atoms with Crippen LogP contribution < -0.4 is 0 Å². The van der Waals surface area contributed by atoms with E-state index in [1.54, 1.807) is 13.2 Å². The van der Waals surface area contributed by atoms with Crippen molar-refractivity contribution in [3.05, 3.63) is 70.0 Å². The zero-order valence-electron chi connectivity index (χ0n) is 11.1. The standard InChI is InChI=1S/C16H15Cl2FO/c1-20-9-8-11-2-4-12(5-3-11)16(18)13-6-7-14(17)15(19)10-13/h2-7,10,16H,8-9H2,1H3. The van der Waals surface area contributed by atoms with E-state index in [4.69, 9.17) is 27.9 Å². The maximum atomic E-state index is 13.5. The molecule has 0 saturated heterocycles. The molecular weight excluding hydrogens is 298 g/mol. The van der Waals surface area contributed by atoms with E-state index < -0.39 is 11.2 Å². The van der Waals surface area contributed by atoms with Gasteiger partial charge in [0.2, 0.25) is 0 Å². The summed E-state index contributed by atoms with van der Waals surface area (Å²) < 4.78 is 18.5. The number of ether oxygens (including phenoxy) is 1. The molecule has 106 valence electrons. The van der Waals surface area contributed by atoms with Gasteiger partial charge in [0, 0.05) is 7.11 Å². The summed E-state index contributed by atoms with van der Waals surface area (Å²) in [4.78, 5) is 0. The molecule has 0 saturated carbocycles. The third-order valence-corrected chi connectivity index (χ3v) is 3.91. The van der Waals surface area contributed by atoms with Crippen molar-refractivity contribution in [2.45, 2.75) is 11.8 Å². The van der Waals surface area contributed by atoms with Crippen LogP contribution in [-0.2, 0) is 11.2 Å². The van der Waals surface area contributed by atoms with Crippen molar-refractivity contribution in [1.29, 1.82) is 0 Å². The van der Waals surface area contributed by atoms with Gasteiger partial charge in [-0.05, 0) is 35.2 Å². The minimum atomic E-state index is -0.452. The van der Waals surface area contributed by atoms with Crippen molar-refractivity contribution in [3.63, 3.8) is 0 Å². The fourth-order valence-electron chi connectivity index (χ4n) is 1.94. The van der Waals surface area contributed by atoms with Gasteiger partial charge in [-0.25, -0.2) is 4.39 Å². The smallest absolute Gasteiger partial charge is 0.142 e. The number of hydrogen-bond donors (Lipinski definition) is 0. The molecule has 0 spiro atoms. The van der Waals surface area contributed by atoms with Gasteiger partial charge in [0.1, 0.15) is 5.82 Å². The SMILES string of the molecule is COCCc1ccc(C(Cl)c2ccc(Cl)c(F)c2)cc1. The Morgan fingerprint density at radius 2 is 1.75 bits per heavy atom. The van der Waals surface area contributed by atoms with E-state index >= 15 is 0 Å². The van der Waals surface area contributed by atoms with Gasteiger partial charge in [0.15, 0.2) is 0 Å².